The van der Waals surface area contributed by atoms with E-state index in [2.05, 4.69) is 5.10 Å². The largest absolute Gasteiger partial charge is 0.444 e. The highest BCUT2D eigenvalue weighted by Crippen LogP contribution is 2.30. The van der Waals surface area contributed by atoms with Crippen molar-refractivity contribution >= 4 is 6.09 Å². The number of piperidine rings is 1. The standard InChI is InChI=1S/C19H23F2N3O2.C2H6/c1-19(2,3)26-18(25)23-10-7-13(8-11-23)16-6-9-22-24(16)17-5-4-14(20)12-15(17)21;1-2/h4-6,9,12-13H,7-8,10-11H2,1-3H3;1-2H3. The van der Waals surface area contributed by atoms with E-state index < -0.39 is 17.2 Å². The highest BCUT2D eigenvalue weighted by Gasteiger charge is 2.29. The van der Waals surface area contributed by atoms with Gasteiger partial charge in [0.1, 0.15) is 17.1 Å². The summed E-state index contributed by atoms with van der Waals surface area (Å²) in [5, 5.41) is 4.20. The number of halogens is 2. The van der Waals surface area contributed by atoms with Crippen molar-refractivity contribution in [3.8, 4) is 5.69 Å². The molecule has 1 fully saturated rings. The van der Waals surface area contributed by atoms with Crippen LogP contribution in [0.2, 0.25) is 0 Å². The zero-order valence-corrected chi connectivity index (χ0v) is 17.2. The topological polar surface area (TPSA) is 47.4 Å². The van der Waals surface area contributed by atoms with E-state index in [1.54, 1.807) is 11.1 Å². The molecule has 1 aromatic carbocycles. The lowest BCUT2D eigenvalue weighted by Gasteiger charge is -2.33. The number of carbonyl (C=O) groups is 1. The Morgan fingerprint density at radius 2 is 1.79 bits per heavy atom. The molecular weight excluding hydrogens is 364 g/mol. The van der Waals surface area contributed by atoms with Crippen molar-refractivity contribution in [2.45, 2.75) is 59.0 Å². The molecule has 0 atom stereocenters. The van der Waals surface area contributed by atoms with Crippen molar-refractivity contribution in [2.24, 2.45) is 0 Å². The predicted molar refractivity (Wildman–Crippen MR) is 105 cm³/mol. The molecule has 0 aliphatic carbocycles. The smallest absolute Gasteiger partial charge is 0.410 e. The number of rotatable bonds is 2. The van der Waals surface area contributed by atoms with Gasteiger partial charge in [0, 0.05) is 37.0 Å². The molecule has 1 aliphatic heterocycles. The van der Waals surface area contributed by atoms with Crippen LogP contribution in [-0.2, 0) is 4.74 Å². The van der Waals surface area contributed by atoms with Gasteiger partial charge in [-0.3, -0.25) is 0 Å². The van der Waals surface area contributed by atoms with Gasteiger partial charge in [0.25, 0.3) is 0 Å². The predicted octanol–water partition coefficient (Wildman–Crippen LogP) is 5.29. The first-order valence-electron chi connectivity index (χ1n) is 9.72. The van der Waals surface area contributed by atoms with Crippen LogP contribution < -0.4 is 0 Å². The normalized spacial score (nSPS) is 15.0. The van der Waals surface area contributed by atoms with Crippen LogP contribution in [0.5, 0.6) is 0 Å². The number of hydrogen-bond acceptors (Lipinski definition) is 3. The van der Waals surface area contributed by atoms with Crippen LogP contribution in [0.15, 0.2) is 30.5 Å². The molecule has 1 aromatic heterocycles. The summed E-state index contributed by atoms with van der Waals surface area (Å²) in [7, 11) is 0. The zero-order valence-electron chi connectivity index (χ0n) is 17.2. The molecule has 0 spiro atoms. The van der Waals surface area contributed by atoms with Gasteiger partial charge in [-0.2, -0.15) is 5.10 Å². The van der Waals surface area contributed by atoms with E-state index in [1.807, 2.05) is 40.7 Å². The number of benzene rings is 1. The monoisotopic (exact) mass is 393 g/mol. The first kappa shape index (κ1) is 21.9. The third kappa shape index (κ3) is 5.30. The van der Waals surface area contributed by atoms with E-state index in [0.717, 1.165) is 24.6 Å². The Bertz CT molecular complexity index is 791. The van der Waals surface area contributed by atoms with Crippen LogP contribution in [-0.4, -0.2) is 39.5 Å². The molecule has 154 valence electrons. The molecule has 7 heteroatoms. The molecule has 0 radical (unpaired) electrons. The van der Waals surface area contributed by atoms with E-state index in [-0.39, 0.29) is 17.7 Å². The first-order valence-corrected chi connectivity index (χ1v) is 9.72. The number of amides is 1. The summed E-state index contributed by atoms with van der Waals surface area (Å²) in [6.45, 7) is 10.7. The lowest BCUT2D eigenvalue weighted by molar-refractivity contribution is 0.0203. The quantitative estimate of drug-likeness (QED) is 0.696. The van der Waals surface area contributed by atoms with Gasteiger partial charge < -0.3 is 9.64 Å². The van der Waals surface area contributed by atoms with Crippen LogP contribution in [0, 0.1) is 11.6 Å². The SMILES string of the molecule is CC.CC(C)(C)OC(=O)N1CCC(c2ccnn2-c2ccc(F)cc2F)CC1. The summed E-state index contributed by atoms with van der Waals surface area (Å²) in [6, 6.07) is 5.30. The fourth-order valence-electron chi connectivity index (χ4n) is 3.16. The molecule has 5 nitrogen and oxygen atoms in total. The van der Waals surface area contributed by atoms with Crippen molar-refractivity contribution in [1.29, 1.82) is 0 Å². The first-order chi connectivity index (χ1) is 13.2. The Kier molecular flexibility index (Phi) is 7.16. The molecule has 0 unspecified atom stereocenters. The van der Waals surface area contributed by atoms with Crippen molar-refractivity contribution in [2.75, 3.05) is 13.1 Å². The molecule has 0 saturated carbocycles. The van der Waals surface area contributed by atoms with Gasteiger partial charge in [0.2, 0.25) is 0 Å². The maximum absolute atomic E-state index is 14.1. The molecule has 0 N–H and O–H groups in total. The zero-order chi connectivity index (χ0) is 20.9. The van der Waals surface area contributed by atoms with E-state index >= 15 is 0 Å². The maximum Gasteiger partial charge on any atom is 0.410 e. The third-order valence-corrected chi connectivity index (χ3v) is 4.37. The van der Waals surface area contributed by atoms with E-state index in [0.29, 0.717) is 13.1 Å². The molecule has 28 heavy (non-hydrogen) atoms. The average molecular weight is 393 g/mol. The summed E-state index contributed by atoms with van der Waals surface area (Å²) in [5.74, 6) is -1.13. The van der Waals surface area contributed by atoms with Crippen LogP contribution in [0.3, 0.4) is 0 Å². The highest BCUT2D eigenvalue weighted by molar-refractivity contribution is 5.68. The number of aromatic nitrogens is 2. The van der Waals surface area contributed by atoms with E-state index in [4.69, 9.17) is 4.74 Å². The summed E-state index contributed by atoms with van der Waals surface area (Å²) in [5.41, 5.74) is 0.562. The molecule has 1 saturated heterocycles. The maximum atomic E-state index is 14.1. The van der Waals surface area contributed by atoms with Crippen LogP contribution in [0.25, 0.3) is 5.69 Å². The number of hydrogen-bond donors (Lipinski definition) is 0. The second-order valence-electron chi connectivity index (χ2n) is 7.51. The van der Waals surface area contributed by atoms with Gasteiger partial charge in [0.15, 0.2) is 5.82 Å². The Hall–Kier alpha value is -2.44. The van der Waals surface area contributed by atoms with Gasteiger partial charge in [-0.1, -0.05) is 13.8 Å². The van der Waals surface area contributed by atoms with Gasteiger partial charge >= 0.3 is 6.09 Å². The Balaban J connectivity index is 0.00000136. The fourth-order valence-corrected chi connectivity index (χ4v) is 3.16. The Labute approximate surface area is 165 Å². The number of likely N-dealkylation sites (tertiary alicyclic amines) is 1. The van der Waals surface area contributed by atoms with Crippen LogP contribution in [0.1, 0.15) is 59.1 Å². The van der Waals surface area contributed by atoms with Crippen molar-refractivity contribution in [1.82, 2.24) is 14.7 Å². The van der Waals surface area contributed by atoms with E-state index in [1.165, 1.54) is 16.8 Å². The molecular formula is C21H29F2N3O2. The molecule has 0 bridgehead atoms. The van der Waals surface area contributed by atoms with Crippen LogP contribution >= 0.6 is 0 Å². The van der Waals surface area contributed by atoms with Crippen molar-refractivity contribution in [3.05, 3.63) is 47.8 Å². The molecule has 2 aromatic rings. The summed E-state index contributed by atoms with van der Waals surface area (Å²) in [4.78, 5) is 13.9. The highest BCUT2D eigenvalue weighted by atomic mass is 19.1. The van der Waals surface area contributed by atoms with Crippen LogP contribution in [0.4, 0.5) is 13.6 Å². The minimum Gasteiger partial charge on any atom is -0.444 e. The molecule has 3 rings (SSSR count). The van der Waals surface area contributed by atoms with Gasteiger partial charge in [0.05, 0.1) is 0 Å². The van der Waals surface area contributed by atoms with Gasteiger partial charge in [-0.15, -0.1) is 0 Å². The van der Waals surface area contributed by atoms with E-state index in [9.17, 15) is 13.6 Å². The second kappa shape index (κ2) is 9.17. The summed E-state index contributed by atoms with van der Waals surface area (Å²) >= 11 is 0. The Morgan fingerprint density at radius 3 is 2.36 bits per heavy atom. The Morgan fingerprint density at radius 1 is 1.14 bits per heavy atom. The second-order valence-corrected chi connectivity index (χ2v) is 7.51. The molecule has 1 amide bonds. The average Bonchev–Trinajstić information content (AvgIpc) is 3.11. The summed E-state index contributed by atoms with van der Waals surface area (Å²) < 4.78 is 34.2. The van der Waals surface area contributed by atoms with Gasteiger partial charge in [-0.25, -0.2) is 18.3 Å². The number of carbonyl (C=O) groups excluding carboxylic acids is 1. The molecule has 2 heterocycles. The van der Waals surface area contributed by atoms with Gasteiger partial charge in [-0.05, 0) is 51.8 Å². The summed E-state index contributed by atoms with van der Waals surface area (Å²) in [6.07, 6.45) is 2.76. The van der Waals surface area contributed by atoms with Crippen molar-refractivity contribution < 1.29 is 18.3 Å². The lowest BCUT2D eigenvalue weighted by Crippen LogP contribution is -2.41. The number of nitrogens with zero attached hydrogens (tertiary/aromatic N) is 3. The minimum absolute atomic E-state index is 0.139. The lowest BCUT2D eigenvalue weighted by atomic mass is 9.93. The molecule has 1 aliphatic rings. The minimum atomic E-state index is -0.652. The fraction of sp³-hybridized carbons (Fsp3) is 0.524. The van der Waals surface area contributed by atoms with Crippen molar-refractivity contribution in [3.63, 3.8) is 0 Å². The number of ether oxygens (including phenoxy) is 1. The third-order valence-electron chi connectivity index (χ3n) is 4.37.